The third-order valence-electron chi connectivity index (χ3n) is 7.77. The van der Waals surface area contributed by atoms with Gasteiger partial charge in [0.1, 0.15) is 0 Å². The molecule has 1 aromatic heterocycles. The molecule has 234 valence electrons. The number of carbonyl (C=O) groups is 1. The minimum Gasteiger partial charge on any atom is -0.379 e. The minimum absolute atomic E-state index is 0.0232. The zero-order valence-electron chi connectivity index (χ0n) is 25.3. The molecule has 0 radical (unpaired) electrons. The number of ketones is 1. The summed E-state index contributed by atoms with van der Waals surface area (Å²) in [6.45, 7) is 11.5. The average molecular weight is 603 g/mol. The predicted octanol–water partition coefficient (Wildman–Crippen LogP) is 2.41. The smallest absolute Gasteiger partial charge is 0.253 e. The molecule has 0 aliphatic carbocycles. The molecule has 3 heterocycles. The van der Waals surface area contributed by atoms with Crippen molar-refractivity contribution in [2.24, 2.45) is 4.99 Å². The number of hydrogen-bond acceptors (Lipinski definition) is 9. The molecule has 44 heavy (non-hydrogen) atoms. The van der Waals surface area contributed by atoms with Gasteiger partial charge in [-0.25, -0.2) is 0 Å². The van der Waals surface area contributed by atoms with Gasteiger partial charge in [-0.2, -0.15) is 4.99 Å². The number of nitrogens with one attached hydrogen (secondary N) is 4. The van der Waals surface area contributed by atoms with Gasteiger partial charge >= 0.3 is 0 Å². The van der Waals surface area contributed by atoms with E-state index < -0.39 is 0 Å². The van der Waals surface area contributed by atoms with Crippen molar-refractivity contribution in [1.82, 2.24) is 30.9 Å². The number of benzene rings is 2. The van der Waals surface area contributed by atoms with Crippen LogP contribution >= 0.6 is 0 Å². The molecule has 1 atom stereocenters. The Morgan fingerprint density at radius 1 is 0.886 bits per heavy atom. The monoisotopic (exact) mass is 602 g/mol. The van der Waals surface area contributed by atoms with Crippen molar-refractivity contribution in [3.8, 4) is 0 Å². The van der Waals surface area contributed by atoms with Gasteiger partial charge in [0, 0.05) is 75.5 Å². The second-order valence-corrected chi connectivity index (χ2v) is 10.9. The maximum absolute atomic E-state index is 13.0. The molecular weight excluding hydrogens is 560 g/mol. The quantitative estimate of drug-likeness (QED) is 0.147. The van der Waals surface area contributed by atoms with Gasteiger partial charge in [-0.05, 0) is 11.6 Å². The molecule has 1 unspecified atom stereocenters. The van der Waals surface area contributed by atoms with Crippen molar-refractivity contribution in [2.75, 3.05) is 78.8 Å². The van der Waals surface area contributed by atoms with Crippen LogP contribution in [0.4, 0.5) is 5.88 Å². The topological polar surface area (TPSA) is 140 Å². The lowest BCUT2D eigenvalue weighted by Crippen LogP contribution is -2.50. The number of morpholine rings is 2. The van der Waals surface area contributed by atoms with Crippen LogP contribution in [0.25, 0.3) is 0 Å². The third-order valence-corrected chi connectivity index (χ3v) is 7.77. The van der Waals surface area contributed by atoms with E-state index >= 15 is 0 Å². The van der Waals surface area contributed by atoms with Gasteiger partial charge in [0.15, 0.2) is 11.7 Å². The largest absolute Gasteiger partial charge is 0.379 e. The average Bonchev–Trinajstić information content (AvgIpc) is 3.54. The van der Waals surface area contributed by atoms with E-state index in [0.29, 0.717) is 41.8 Å². The molecule has 2 fully saturated rings. The number of aliphatic imine (C=N–C) groups is 1. The molecule has 0 bridgehead atoms. The fraction of sp³-hybridized carbons (Fsp3) is 0.438. The van der Waals surface area contributed by atoms with Gasteiger partial charge in [0.2, 0.25) is 5.96 Å². The molecule has 12 nitrogen and oxygen atoms in total. The highest BCUT2D eigenvalue weighted by atomic mass is 16.5. The van der Waals surface area contributed by atoms with E-state index in [1.54, 1.807) is 6.07 Å². The van der Waals surface area contributed by atoms with Crippen molar-refractivity contribution >= 4 is 23.6 Å². The van der Waals surface area contributed by atoms with Crippen LogP contribution in [-0.2, 0) is 9.47 Å². The minimum atomic E-state index is -0.128. The summed E-state index contributed by atoms with van der Waals surface area (Å²) in [6, 6.07) is 18.6. The third kappa shape index (κ3) is 9.20. The van der Waals surface area contributed by atoms with Gasteiger partial charge in [-0.3, -0.25) is 25.3 Å². The lowest BCUT2D eigenvalue weighted by Gasteiger charge is -2.27. The zero-order valence-corrected chi connectivity index (χ0v) is 25.3. The van der Waals surface area contributed by atoms with E-state index in [0.717, 1.165) is 71.3 Å². The Kier molecular flexibility index (Phi) is 11.5. The Morgan fingerprint density at radius 2 is 1.52 bits per heavy atom. The van der Waals surface area contributed by atoms with Crippen LogP contribution in [0.2, 0.25) is 0 Å². The Morgan fingerprint density at radius 3 is 2.20 bits per heavy atom. The number of rotatable bonds is 11. The van der Waals surface area contributed by atoms with E-state index in [2.05, 4.69) is 35.9 Å². The van der Waals surface area contributed by atoms with E-state index in [1.807, 2.05) is 61.5 Å². The number of carbonyl (C=O) groups excluding carboxylic acids is 1. The summed E-state index contributed by atoms with van der Waals surface area (Å²) in [5.74, 6) is 0.699. The first-order valence-corrected chi connectivity index (χ1v) is 15.2. The molecule has 4 N–H and O–H groups in total. The summed E-state index contributed by atoms with van der Waals surface area (Å²) >= 11 is 0. The van der Waals surface area contributed by atoms with Gasteiger partial charge in [-0.1, -0.05) is 60.6 Å². The molecule has 2 aliphatic heterocycles. The number of nitrogens with zero attached hydrogens (tertiary/aromatic N) is 4. The lowest BCUT2D eigenvalue weighted by molar-refractivity contribution is 0.0389. The normalized spacial score (nSPS) is 17.2. The second-order valence-electron chi connectivity index (χ2n) is 10.9. The number of ether oxygens (including phenoxy) is 2. The number of aromatic nitrogens is 1. The fourth-order valence-corrected chi connectivity index (χ4v) is 5.12. The van der Waals surface area contributed by atoms with Crippen molar-refractivity contribution < 1.29 is 18.8 Å². The van der Waals surface area contributed by atoms with E-state index in [-0.39, 0.29) is 17.7 Å². The Labute approximate surface area is 258 Å². The Bertz CT molecular complexity index is 1380. The highest BCUT2D eigenvalue weighted by Crippen LogP contribution is 2.27. The van der Waals surface area contributed by atoms with Crippen LogP contribution in [-0.4, -0.2) is 111 Å². The van der Waals surface area contributed by atoms with Crippen LogP contribution in [0.1, 0.15) is 40.0 Å². The molecule has 5 rings (SSSR count). The zero-order chi connectivity index (χ0) is 30.6. The molecule has 0 amide bonds. The van der Waals surface area contributed by atoms with E-state index in [1.165, 1.54) is 0 Å². The molecular formula is C32H42N8O4. The molecule has 2 aromatic carbocycles. The molecule has 0 spiro atoms. The van der Waals surface area contributed by atoms with Crippen LogP contribution in [0.3, 0.4) is 0 Å². The van der Waals surface area contributed by atoms with Gasteiger partial charge < -0.3 is 24.6 Å². The number of guanidine groups is 2. The maximum atomic E-state index is 13.0. The van der Waals surface area contributed by atoms with Crippen molar-refractivity contribution in [2.45, 2.75) is 12.8 Å². The standard InChI is InChI=1S/C32H42N8O4/c1-24(26-8-5-9-27(22-26)30(41)25-6-3-2-4-7-25)28-23-29(44-38-28)36-32(35-11-13-40-16-20-43-21-17-40)37-31(33)34-10-12-39-14-18-42-19-15-39/h2-9,22-24H,10-21H2,1H3,(H4,33,34,35,36,37). The first kappa shape index (κ1) is 31.3. The molecule has 3 aromatic rings. The van der Waals surface area contributed by atoms with Crippen molar-refractivity contribution in [3.05, 3.63) is 83.0 Å². The van der Waals surface area contributed by atoms with Crippen molar-refractivity contribution in [1.29, 1.82) is 5.41 Å². The molecule has 0 saturated carbocycles. The predicted molar refractivity (Wildman–Crippen MR) is 169 cm³/mol. The highest BCUT2D eigenvalue weighted by Gasteiger charge is 2.18. The first-order valence-electron chi connectivity index (χ1n) is 15.2. The SMILES string of the molecule is CC(c1cccc(C(=O)c2ccccc2)c1)c1cc(/N=C(\NCCN2CCOCC2)NC(=N)NCCN2CCOCC2)on1. The Hall–Kier alpha value is -4.10. The van der Waals surface area contributed by atoms with Gasteiger partial charge in [-0.15, -0.1) is 0 Å². The van der Waals surface area contributed by atoms with Crippen LogP contribution < -0.4 is 16.0 Å². The van der Waals surface area contributed by atoms with Gasteiger partial charge in [0.25, 0.3) is 5.88 Å². The molecule has 2 saturated heterocycles. The summed E-state index contributed by atoms with van der Waals surface area (Å²) in [5, 5.41) is 22.2. The summed E-state index contributed by atoms with van der Waals surface area (Å²) in [7, 11) is 0. The lowest BCUT2D eigenvalue weighted by atomic mass is 9.94. The van der Waals surface area contributed by atoms with Crippen molar-refractivity contribution in [3.63, 3.8) is 0 Å². The summed E-state index contributed by atoms with van der Waals surface area (Å²) in [6.07, 6.45) is 0. The van der Waals surface area contributed by atoms with Crippen LogP contribution in [0, 0.1) is 5.41 Å². The van der Waals surface area contributed by atoms with Crippen LogP contribution in [0.15, 0.2) is 70.2 Å². The van der Waals surface area contributed by atoms with Gasteiger partial charge in [0.05, 0.1) is 32.1 Å². The summed E-state index contributed by atoms with van der Waals surface area (Å²) in [4.78, 5) is 22.3. The van der Waals surface area contributed by atoms with Crippen LogP contribution in [0.5, 0.6) is 0 Å². The molecule has 2 aliphatic rings. The summed E-state index contributed by atoms with van der Waals surface area (Å²) < 4.78 is 16.5. The first-order chi connectivity index (χ1) is 21.5. The highest BCUT2D eigenvalue weighted by molar-refractivity contribution is 6.09. The van der Waals surface area contributed by atoms with E-state index in [9.17, 15) is 4.79 Å². The maximum Gasteiger partial charge on any atom is 0.253 e. The molecule has 12 heteroatoms. The number of hydrogen-bond donors (Lipinski definition) is 4. The fourth-order valence-electron chi connectivity index (χ4n) is 5.12. The Balaban J connectivity index is 1.23. The van der Waals surface area contributed by atoms with E-state index in [4.69, 9.17) is 19.4 Å². The second kappa shape index (κ2) is 16.1. The summed E-state index contributed by atoms with van der Waals surface area (Å²) in [5.41, 5.74) is 2.92.